The van der Waals surface area contributed by atoms with E-state index in [-0.39, 0.29) is 0 Å². The first-order chi connectivity index (χ1) is 4.93. The van der Waals surface area contributed by atoms with E-state index >= 15 is 0 Å². The predicted octanol–water partition coefficient (Wildman–Crippen LogP) is 2.56. The summed E-state index contributed by atoms with van der Waals surface area (Å²) in [7, 11) is 1.27. The molecule has 66 valence electrons. The number of halogens is 3. The van der Waals surface area contributed by atoms with Gasteiger partial charge in [-0.3, -0.25) is 4.79 Å². The van der Waals surface area contributed by atoms with Crippen molar-refractivity contribution in [1.29, 1.82) is 0 Å². The van der Waals surface area contributed by atoms with Crippen LogP contribution in [0.3, 0.4) is 0 Å². The van der Waals surface area contributed by atoms with Gasteiger partial charge in [0.15, 0.2) is 0 Å². The molecule has 0 bridgehead atoms. The van der Waals surface area contributed by atoms with E-state index in [0.717, 1.165) is 0 Å². The Morgan fingerprint density at radius 3 is 2.09 bits per heavy atom. The van der Waals surface area contributed by atoms with Crippen LogP contribution in [0.4, 0.5) is 0 Å². The van der Waals surface area contributed by atoms with E-state index in [9.17, 15) is 4.79 Å². The van der Waals surface area contributed by atoms with Gasteiger partial charge in [-0.15, -0.1) is 0 Å². The standard InChI is InChI=1S/C6H9Cl3O2/c1-3-4(5(10)11-2)6(7,8)9/h4H,3H2,1-2H3. The number of carbonyl (C=O) groups excluding carboxylic acids is 1. The monoisotopic (exact) mass is 218 g/mol. The van der Waals surface area contributed by atoms with Crippen molar-refractivity contribution in [3.63, 3.8) is 0 Å². The number of carbonyl (C=O) groups is 1. The first-order valence-corrected chi connectivity index (χ1v) is 4.21. The SMILES string of the molecule is CCC(C(=O)OC)C(Cl)(Cl)Cl. The molecule has 11 heavy (non-hydrogen) atoms. The zero-order valence-corrected chi connectivity index (χ0v) is 8.50. The zero-order chi connectivity index (χ0) is 9.07. The van der Waals surface area contributed by atoms with Crippen LogP contribution in [0.15, 0.2) is 0 Å². The molecule has 0 fully saturated rings. The molecular weight excluding hydrogens is 210 g/mol. The fourth-order valence-corrected chi connectivity index (χ4v) is 1.40. The van der Waals surface area contributed by atoms with Gasteiger partial charge in [-0.2, -0.15) is 0 Å². The molecule has 1 atom stereocenters. The maximum Gasteiger partial charge on any atom is 0.313 e. The largest absolute Gasteiger partial charge is 0.469 e. The summed E-state index contributed by atoms with van der Waals surface area (Å²) in [5.74, 6) is -1.18. The summed E-state index contributed by atoms with van der Waals surface area (Å²) < 4.78 is 2.87. The molecule has 0 aliphatic carbocycles. The molecule has 0 aliphatic rings. The molecular formula is C6H9Cl3O2. The van der Waals surface area contributed by atoms with Crippen LogP contribution in [-0.4, -0.2) is 16.9 Å². The number of hydrogen-bond acceptors (Lipinski definition) is 2. The van der Waals surface area contributed by atoms with E-state index in [1.807, 2.05) is 0 Å². The van der Waals surface area contributed by atoms with Crippen LogP contribution >= 0.6 is 34.8 Å². The summed E-state index contributed by atoms with van der Waals surface area (Å²) in [6.45, 7) is 1.75. The summed E-state index contributed by atoms with van der Waals surface area (Å²) in [5, 5.41) is 0. The van der Waals surface area contributed by atoms with Crippen LogP contribution in [0, 0.1) is 5.92 Å². The smallest absolute Gasteiger partial charge is 0.313 e. The van der Waals surface area contributed by atoms with Crippen molar-refractivity contribution in [2.24, 2.45) is 5.92 Å². The van der Waals surface area contributed by atoms with Gasteiger partial charge in [0.1, 0.15) is 5.92 Å². The number of rotatable bonds is 2. The minimum absolute atomic E-state index is 0.448. The Hall–Kier alpha value is 0.340. The Kier molecular flexibility index (Phi) is 4.52. The molecule has 0 heterocycles. The van der Waals surface area contributed by atoms with E-state index in [0.29, 0.717) is 6.42 Å². The maximum absolute atomic E-state index is 10.9. The third kappa shape index (κ3) is 3.50. The highest BCUT2D eigenvalue weighted by Crippen LogP contribution is 2.37. The lowest BCUT2D eigenvalue weighted by atomic mass is 10.1. The van der Waals surface area contributed by atoms with Gasteiger partial charge in [-0.1, -0.05) is 41.7 Å². The van der Waals surface area contributed by atoms with Crippen molar-refractivity contribution in [2.75, 3.05) is 7.11 Å². The van der Waals surface area contributed by atoms with Crippen molar-refractivity contribution < 1.29 is 9.53 Å². The van der Waals surface area contributed by atoms with Gasteiger partial charge in [0, 0.05) is 0 Å². The van der Waals surface area contributed by atoms with Gasteiger partial charge >= 0.3 is 5.97 Å². The lowest BCUT2D eigenvalue weighted by Crippen LogP contribution is -2.28. The summed E-state index contributed by atoms with van der Waals surface area (Å²) in [4.78, 5) is 10.9. The van der Waals surface area contributed by atoms with E-state index < -0.39 is 15.7 Å². The second kappa shape index (κ2) is 4.39. The summed E-state index contributed by atoms with van der Waals surface area (Å²) in [5.41, 5.74) is 0. The number of hydrogen-bond donors (Lipinski definition) is 0. The van der Waals surface area contributed by atoms with Crippen LogP contribution in [0.25, 0.3) is 0 Å². The highest BCUT2D eigenvalue weighted by Gasteiger charge is 2.37. The van der Waals surface area contributed by atoms with Crippen molar-refractivity contribution in [3.8, 4) is 0 Å². The fraction of sp³-hybridized carbons (Fsp3) is 0.833. The minimum Gasteiger partial charge on any atom is -0.469 e. The van der Waals surface area contributed by atoms with Crippen LogP contribution < -0.4 is 0 Å². The average Bonchev–Trinajstić information content (AvgIpc) is 1.86. The molecule has 0 aromatic carbocycles. The van der Waals surface area contributed by atoms with Gasteiger partial charge in [0.05, 0.1) is 7.11 Å². The molecule has 0 aromatic heterocycles. The lowest BCUT2D eigenvalue weighted by Gasteiger charge is -2.19. The van der Waals surface area contributed by atoms with Crippen LogP contribution in [-0.2, 0) is 9.53 Å². The van der Waals surface area contributed by atoms with E-state index in [2.05, 4.69) is 4.74 Å². The van der Waals surface area contributed by atoms with Crippen molar-refractivity contribution in [1.82, 2.24) is 0 Å². The second-order valence-electron chi connectivity index (χ2n) is 2.03. The lowest BCUT2D eigenvalue weighted by molar-refractivity contribution is -0.145. The van der Waals surface area contributed by atoms with Gasteiger partial charge in [0.25, 0.3) is 0 Å². The molecule has 0 aliphatic heterocycles. The van der Waals surface area contributed by atoms with Crippen LogP contribution in [0.5, 0.6) is 0 Å². The van der Waals surface area contributed by atoms with E-state index in [4.69, 9.17) is 34.8 Å². The number of methoxy groups -OCH3 is 1. The summed E-state index contributed by atoms with van der Waals surface area (Å²) in [6, 6.07) is 0. The summed E-state index contributed by atoms with van der Waals surface area (Å²) in [6.07, 6.45) is 0.448. The van der Waals surface area contributed by atoms with Crippen molar-refractivity contribution >= 4 is 40.8 Å². The Bertz CT molecular complexity index is 141. The highest BCUT2D eigenvalue weighted by molar-refractivity contribution is 6.68. The third-order valence-electron chi connectivity index (χ3n) is 1.29. The predicted molar refractivity (Wildman–Crippen MR) is 46.1 cm³/mol. The van der Waals surface area contributed by atoms with Gasteiger partial charge < -0.3 is 4.74 Å². The molecule has 0 rings (SSSR count). The second-order valence-corrected chi connectivity index (χ2v) is 4.39. The Morgan fingerprint density at radius 1 is 1.55 bits per heavy atom. The molecule has 1 unspecified atom stereocenters. The summed E-state index contributed by atoms with van der Waals surface area (Å²) >= 11 is 16.5. The van der Waals surface area contributed by atoms with Crippen LogP contribution in [0.2, 0.25) is 0 Å². The molecule has 0 aromatic rings. The molecule has 2 nitrogen and oxygen atoms in total. The first kappa shape index (κ1) is 11.3. The molecule has 0 N–H and O–H groups in total. The van der Waals surface area contributed by atoms with Gasteiger partial charge in [-0.25, -0.2) is 0 Å². The topological polar surface area (TPSA) is 26.3 Å². The first-order valence-electron chi connectivity index (χ1n) is 3.08. The maximum atomic E-state index is 10.9. The van der Waals surface area contributed by atoms with E-state index in [1.165, 1.54) is 7.11 Å². The quantitative estimate of drug-likeness (QED) is 0.527. The van der Waals surface area contributed by atoms with Crippen molar-refractivity contribution in [2.45, 2.75) is 17.1 Å². The highest BCUT2D eigenvalue weighted by atomic mass is 35.6. The Morgan fingerprint density at radius 2 is 2.00 bits per heavy atom. The molecule has 0 radical (unpaired) electrons. The minimum atomic E-state index is -1.57. The molecule has 0 saturated heterocycles. The molecule has 5 heteroatoms. The molecule has 0 saturated carbocycles. The van der Waals surface area contributed by atoms with Gasteiger partial charge in [0.2, 0.25) is 3.79 Å². The average molecular weight is 219 g/mol. The van der Waals surface area contributed by atoms with Crippen molar-refractivity contribution in [3.05, 3.63) is 0 Å². The van der Waals surface area contributed by atoms with Crippen LogP contribution in [0.1, 0.15) is 13.3 Å². The molecule has 0 spiro atoms. The normalized spacial score (nSPS) is 14.3. The number of ether oxygens (including phenoxy) is 1. The Balaban J connectivity index is 4.29. The zero-order valence-electron chi connectivity index (χ0n) is 6.23. The van der Waals surface area contributed by atoms with E-state index in [1.54, 1.807) is 6.92 Å². The third-order valence-corrected chi connectivity index (χ3v) is 2.08. The Labute approximate surface area is 80.7 Å². The number of alkyl halides is 3. The fourth-order valence-electron chi connectivity index (χ4n) is 0.674. The number of esters is 1. The molecule has 0 amide bonds. The van der Waals surface area contributed by atoms with Gasteiger partial charge in [-0.05, 0) is 6.42 Å².